The molecule has 0 radical (unpaired) electrons. The van der Waals surface area contributed by atoms with Gasteiger partial charge in [0, 0.05) is 17.3 Å². The van der Waals surface area contributed by atoms with E-state index in [-0.39, 0.29) is 17.0 Å². The van der Waals surface area contributed by atoms with Gasteiger partial charge < -0.3 is 14.8 Å². The van der Waals surface area contributed by atoms with Crippen molar-refractivity contribution in [1.29, 1.82) is 0 Å². The second-order valence-electron chi connectivity index (χ2n) is 6.65. The Morgan fingerprint density at radius 3 is 2.57 bits per heavy atom. The number of nitrogens with one attached hydrogen (secondary N) is 1. The van der Waals surface area contributed by atoms with Crippen LogP contribution in [0.15, 0.2) is 42.5 Å². The van der Waals surface area contributed by atoms with E-state index in [2.05, 4.69) is 5.32 Å². The molecule has 0 spiro atoms. The van der Waals surface area contributed by atoms with Crippen molar-refractivity contribution < 1.29 is 27.5 Å². The summed E-state index contributed by atoms with van der Waals surface area (Å²) in [6.07, 6.45) is 0. The van der Waals surface area contributed by atoms with Gasteiger partial charge in [0.05, 0.1) is 17.4 Å². The Balaban J connectivity index is 1.58. The molecule has 2 aromatic rings. The molecule has 28 heavy (non-hydrogen) atoms. The van der Waals surface area contributed by atoms with E-state index in [1.165, 1.54) is 12.1 Å². The molecule has 2 aliphatic heterocycles. The van der Waals surface area contributed by atoms with Gasteiger partial charge in [-0.3, -0.25) is 9.59 Å². The van der Waals surface area contributed by atoms with Crippen LogP contribution in [-0.2, 0) is 14.8 Å². The Kier molecular flexibility index (Phi) is 4.46. The molecule has 1 N–H and O–H groups in total. The third-order valence-electron chi connectivity index (χ3n) is 4.50. The first-order chi connectivity index (χ1) is 13.3. The van der Waals surface area contributed by atoms with Crippen molar-refractivity contribution in [2.45, 2.75) is 6.92 Å². The van der Waals surface area contributed by atoms with Gasteiger partial charge in [-0.25, -0.2) is 12.7 Å². The third-order valence-corrected chi connectivity index (χ3v) is 6.37. The number of nitrogens with zero attached hydrogens (tertiary/aromatic N) is 1. The Morgan fingerprint density at radius 1 is 1.11 bits per heavy atom. The van der Waals surface area contributed by atoms with E-state index >= 15 is 0 Å². The quantitative estimate of drug-likeness (QED) is 0.843. The summed E-state index contributed by atoms with van der Waals surface area (Å²) in [5.74, 6) is -0.627. The van der Waals surface area contributed by atoms with E-state index in [9.17, 15) is 18.0 Å². The minimum Gasteiger partial charge on any atom is -0.486 e. The van der Waals surface area contributed by atoms with Gasteiger partial charge in [0.2, 0.25) is 15.9 Å². The minimum atomic E-state index is -3.73. The van der Waals surface area contributed by atoms with E-state index in [0.717, 1.165) is 4.31 Å². The zero-order valence-corrected chi connectivity index (χ0v) is 15.9. The minimum absolute atomic E-state index is 0.157. The SMILES string of the molecule is C[C@@H]1CS(=O)(=O)N(c2cccc(C(=O)Nc3ccc4c(c3)OCCO4)c2)C1=O. The number of ether oxygens (including phenoxy) is 2. The van der Waals surface area contributed by atoms with Gasteiger partial charge in [-0.15, -0.1) is 0 Å². The van der Waals surface area contributed by atoms with E-state index in [4.69, 9.17) is 9.47 Å². The Hall–Kier alpha value is -3.07. The van der Waals surface area contributed by atoms with Gasteiger partial charge >= 0.3 is 0 Å². The maximum Gasteiger partial charge on any atom is 0.255 e. The first-order valence-electron chi connectivity index (χ1n) is 8.73. The largest absolute Gasteiger partial charge is 0.486 e. The highest BCUT2D eigenvalue weighted by atomic mass is 32.2. The van der Waals surface area contributed by atoms with Crippen molar-refractivity contribution in [3.63, 3.8) is 0 Å². The molecular formula is C19H18N2O6S. The van der Waals surface area contributed by atoms with Crippen LogP contribution in [-0.4, -0.2) is 39.2 Å². The number of anilines is 2. The van der Waals surface area contributed by atoms with Crippen LogP contribution >= 0.6 is 0 Å². The molecule has 0 aromatic heterocycles. The molecule has 2 aromatic carbocycles. The average Bonchev–Trinajstić information content (AvgIpc) is 2.88. The van der Waals surface area contributed by atoms with Gasteiger partial charge in [-0.1, -0.05) is 13.0 Å². The number of fused-ring (bicyclic) bond motifs is 1. The van der Waals surface area contributed by atoms with E-state index < -0.39 is 27.8 Å². The normalized spacial score (nSPS) is 20.1. The summed E-state index contributed by atoms with van der Waals surface area (Å²) >= 11 is 0. The molecule has 2 heterocycles. The molecule has 8 nitrogen and oxygen atoms in total. The maximum absolute atomic E-state index is 12.6. The number of hydrogen-bond donors (Lipinski definition) is 1. The number of amides is 2. The van der Waals surface area contributed by atoms with Crippen molar-refractivity contribution in [2.75, 3.05) is 28.6 Å². The second kappa shape index (κ2) is 6.83. The van der Waals surface area contributed by atoms with Crippen LogP contribution in [0.4, 0.5) is 11.4 Å². The fourth-order valence-electron chi connectivity index (χ4n) is 3.18. The fourth-order valence-corrected chi connectivity index (χ4v) is 5.00. The summed E-state index contributed by atoms with van der Waals surface area (Å²) < 4.78 is 36.3. The van der Waals surface area contributed by atoms with Crippen LogP contribution in [0.5, 0.6) is 11.5 Å². The lowest BCUT2D eigenvalue weighted by atomic mass is 10.1. The van der Waals surface area contributed by atoms with Gasteiger partial charge in [-0.05, 0) is 30.3 Å². The third kappa shape index (κ3) is 3.29. The molecule has 0 saturated carbocycles. The molecule has 0 bridgehead atoms. The van der Waals surface area contributed by atoms with Gasteiger partial charge in [0.25, 0.3) is 5.91 Å². The summed E-state index contributed by atoms with van der Waals surface area (Å²) in [6.45, 7) is 2.48. The standard InChI is InChI=1S/C19H18N2O6S/c1-12-11-28(24,25)21(19(12)23)15-4-2-3-13(9-15)18(22)20-14-5-6-16-17(10-14)27-8-7-26-16/h2-6,9-10,12H,7-8,11H2,1H3,(H,20,22)/t12-/m1/s1. The molecule has 4 rings (SSSR count). The number of carbonyl (C=O) groups excluding carboxylic acids is 2. The molecular weight excluding hydrogens is 384 g/mol. The molecule has 146 valence electrons. The first-order valence-corrected chi connectivity index (χ1v) is 10.3. The highest BCUT2D eigenvalue weighted by molar-refractivity contribution is 7.94. The number of sulfonamides is 1. The molecule has 1 saturated heterocycles. The van der Waals surface area contributed by atoms with Crippen LogP contribution in [0.3, 0.4) is 0 Å². The number of hydrogen-bond acceptors (Lipinski definition) is 6. The highest BCUT2D eigenvalue weighted by Gasteiger charge is 2.42. The van der Waals surface area contributed by atoms with Crippen LogP contribution in [0.2, 0.25) is 0 Å². The lowest BCUT2D eigenvalue weighted by Gasteiger charge is -2.19. The molecule has 0 aliphatic carbocycles. The van der Waals surface area contributed by atoms with Crippen molar-refractivity contribution in [3.8, 4) is 11.5 Å². The molecule has 9 heteroatoms. The molecule has 2 aliphatic rings. The van der Waals surface area contributed by atoms with Gasteiger partial charge in [-0.2, -0.15) is 0 Å². The van der Waals surface area contributed by atoms with E-state index in [0.29, 0.717) is 30.4 Å². The number of rotatable bonds is 3. The van der Waals surface area contributed by atoms with Crippen LogP contribution in [0, 0.1) is 5.92 Å². The Labute approximate surface area is 162 Å². The predicted octanol–water partition coefficient (Wildman–Crippen LogP) is 2.02. The van der Waals surface area contributed by atoms with E-state index in [1.807, 2.05) is 0 Å². The summed E-state index contributed by atoms with van der Waals surface area (Å²) in [5, 5.41) is 2.74. The zero-order chi connectivity index (χ0) is 19.9. The smallest absolute Gasteiger partial charge is 0.255 e. The van der Waals surface area contributed by atoms with Gasteiger partial charge in [0.15, 0.2) is 11.5 Å². The molecule has 0 unspecified atom stereocenters. The van der Waals surface area contributed by atoms with Crippen LogP contribution in [0.1, 0.15) is 17.3 Å². The topological polar surface area (TPSA) is 102 Å². The molecule has 2 amide bonds. The molecule has 1 atom stereocenters. The molecule has 1 fully saturated rings. The zero-order valence-electron chi connectivity index (χ0n) is 15.0. The van der Waals surface area contributed by atoms with Crippen molar-refractivity contribution in [2.24, 2.45) is 5.92 Å². The summed E-state index contributed by atoms with van der Waals surface area (Å²) in [4.78, 5) is 24.9. The first kappa shape index (κ1) is 18.3. The predicted molar refractivity (Wildman–Crippen MR) is 102 cm³/mol. The summed E-state index contributed by atoms with van der Waals surface area (Å²) in [6, 6.07) is 11.0. The summed E-state index contributed by atoms with van der Waals surface area (Å²) in [7, 11) is -3.73. The Bertz CT molecular complexity index is 1070. The average molecular weight is 402 g/mol. The van der Waals surface area contributed by atoms with Crippen LogP contribution < -0.4 is 19.1 Å². The highest BCUT2D eigenvalue weighted by Crippen LogP contribution is 2.33. The van der Waals surface area contributed by atoms with Crippen molar-refractivity contribution in [3.05, 3.63) is 48.0 Å². The second-order valence-corrected chi connectivity index (χ2v) is 8.51. The summed E-state index contributed by atoms with van der Waals surface area (Å²) in [5.41, 5.74) is 0.900. The fraction of sp³-hybridized carbons (Fsp3) is 0.263. The van der Waals surface area contributed by atoms with Gasteiger partial charge in [0.1, 0.15) is 13.2 Å². The monoisotopic (exact) mass is 402 g/mol. The number of carbonyl (C=O) groups is 2. The lowest BCUT2D eigenvalue weighted by molar-refractivity contribution is -0.119. The van der Waals surface area contributed by atoms with Crippen LogP contribution in [0.25, 0.3) is 0 Å². The number of benzene rings is 2. The van der Waals surface area contributed by atoms with Crippen molar-refractivity contribution in [1.82, 2.24) is 0 Å². The Morgan fingerprint density at radius 2 is 1.86 bits per heavy atom. The van der Waals surface area contributed by atoms with Crippen molar-refractivity contribution >= 4 is 33.2 Å². The van der Waals surface area contributed by atoms with E-state index in [1.54, 1.807) is 37.3 Å². The maximum atomic E-state index is 12.6. The lowest BCUT2D eigenvalue weighted by Crippen LogP contribution is -2.30.